The highest BCUT2D eigenvalue weighted by molar-refractivity contribution is 7.09. The minimum absolute atomic E-state index is 0.104. The van der Waals surface area contributed by atoms with E-state index in [1.54, 1.807) is 11.3 Å². The third kappa shape index (κ3) is 2.72. The summed E-state index contributed by atoms with van der Waals surface area (Å²) >= 11 is 1.55. The van der Waals surface area contributed by atoms with Crippen molar-refractivity contribution in [2.75, 3.05) is 6.61 Å². The summed E-state index contributed by atoms with van der Waals surface area (Å²) in [7, 11) is 0. The lowest BCUT2D eigenvalue weighted by molar-refractivity contribution is -0.117. The number of amides is 1. The van der Waals surface area contributed by atoms with Gasteiger partial charge in [-0.05, 0) is 19.1 Å². The van der Waals surface area contributed by atoms with Crippen LogP contribution in [0.1, 0.15) is 16.3 Å². The fourth-order valence-electron chi connectivity index (χ4n) is 2.00. The number of nitrogens with one attached hydrogen (secondary N) is 1. The summed E-state index contributed by atoms with van der Waals surface area (Å²) in [6.45, 7) is 2.70. The smallest absolute Gasteiger partial charge is 0.251 e. The molecule has 1 amide bonds. The molecule has 4 nitrogen and oxygen atoms in total. The zero-order valence-electron chi connectivity index (χ0n) is 11.1. The molecule has 1 N–H and O–H groups in total. The number of hydrogen-bond donors (Lipinski definition) is 1. The average molecular weight is 286 g/mol. The number of thiazole rings is 1. The molecule has 0 atom stereocenters. The highest BCUT2D eigenvalue weighted by atomic mass is 32.1. The van der Waals surface area contributed by atoms with Gasteiger partial charge in [0.05, 0.1) is 12.1 Å². The van der Waals surface area contributed by atoms with E-state index in [1.807, 2.05) is 42.6 Å². The monoisotopic (exact) mass is 286 g/mol. The summed E-state index contributed by atoms with van der Waals surface area (Å²) in [6.07, 6.45) is 1.88. The van der Waals surface area contributed by atoms with Crippen molar-refractivity contribution in [3.8, 4) is 5.75 Å². The molecule has 1 aromatic heterocycles. The number of benzene rings is 1. The SMILES string of the molecule is Cc1csc(CNC(=O)C2=Cc3ccccc3OC2)n1. The molecule has 0 aliphatic carbocycles. The van der Waals surface area contributed by atoms with Crippen molar-refractivity contribution in [1.82, 2.24) is 10.3 Å². The van der Waals surface area contributed by atoms with Crippen LogP contribution in [0.4, 0.5) is 0 Å². The van der Waals surface area contributed by atoms with Crippen LogP contribution in [0.15, 0.2) is 35.2 Å². The van der Waals surface area contributed by atoms with Crippen molar-refractivity contribution >= 4 is 23.3 Å². The van der Waals surface area contributed by atoms with E-state index in [2.05, 4.69) is 10.3 Å². The van der Waals surface area contributed by atoms with E-state index in [1.165, 1.54) is 0 Å². The average Bonchev–Trinajstić information content (AvgIpc) is 2.90. The number of rotatable bonds is 3. The van der Waals surface area contributed by atoms with Gasteiger partial charge in [-0.3, -0.25) is 4.79 Å². The largest absolute Gasteiger partial charge is 0.488 e. The van der Waals surface area contributed by atoms with Gasteiger partial charge >= 0.3 is 0 Å². The molecule has 2 aromatic rings. The zero-order chi connectivity index (χ0) is 13.9. The van der Waals surface area contributed by atoms with Crippen LogP contribution in [-0.2, 0) is 11.3 Å². The number of nitrogens with zero attached hydrogens (tertiary/aromatic N) is 1. The molecule has 0 radical (unpaired) electrons. The van der Waals surface area contributed by atoms with Gasteiger partial charge in [0.25, 0.3) is 5.91 Å². The van der Waals surface area contributed by atoms with Crippen LogP contribution in [0.5, 0.6) is 5.75 Å². The second-order valence-corrected chi connectivity index (χ2v) is 5.50. The Kier molecular flexibility index (Phi) is 3.52. The number of fused-ring (bicyclic) bond motifs is 1. The Bertz CT molecular complexity index is 676. The number of aromatic nitrogens is 1. The molecule has 2 heterocycles. The first kappa shape index (κ1) is 12.9. The molecule has 0 saturated heterocycles. The van der Waals surface area contributed by atoms with Crippen molar-refractivity contribution in [1.29, 1.82) is 0 Å². The second kappa shape index (κ2) is 5.46. The Labute approximate surface area is 121 Å². The molecule has 0 unspecified atom stereocenters. The summed E-state index contributed by atoms with van der Waals surface area (Å²) in [5.74, 6) is 0.715. The first-order valence-corrected chi connectivity index (χ1v) is 7.22. The lowest BCUT2D eigenvalue weighted by Gasteiger charge is -2.17. The minimum Gasteiger partial charge on any atom is -0.488 e. The van der Waals surface area contributed by atoms with Gasteiger partial charge in [-0.15, -0.1) is 11.3 Å². The van der Waals surface area contributed by atoms with Crippen LogP contribution in [0, 0.1) is 6.92 Å². The third-order valence-electron chi connectivity index (χ3n) is 2.99. The molecule has 0 fully saturated rings. The minimum atomic E-state index is -0.104. The number of para-hydroxylation sites is 1. The Morgan fingerprint density at radius 2 is 2.30 bits per heavy atom. The topological polar surface area (TPSA) is 51.2 Å². The molecule has 0 saturated carbocycles. The fourth-order valence-corrected chi connectivity index (χ4v) is 2.71. The maximum atomic E-state index is 12.1. The van der Waals surface area contributed by atoms with E-state index in [0.29, 0.717) is 18.7 Å². The van der Waals surface area contributed by atoms with Crippen LogP contribution >= 0.6 is 11.3 Å². The van der Waals surface area contributed by atoms with E-state index in [0.717, 1.165) is 22.0 Å². The van der Waals surface area contributed by atoms with Crippen molar-refractivity contribution in [3.05, 3.63) is 51.5 Å². The Hall–Kier alpha value is -2.14. The number of carbonyl (C=O) groups excluding carboxylic acids is 1. The van der Waals surface area contributed by atoms with E-state index in [-0.39, 0.29) is 5.91 Å². The van der Waals surface area contributed by atoms with Gasteiger partial charge in [0.15, 0.2) is 0 Å². The van der Waals surface area contributed by atoms with Crippen molar-refractivity contribution in [3.63, 3.8) is 0 Å². The summed E-state index contributed by atoms with van der Waals surface area (Å²) in [5, 5.41) is 5.76. The Balaban J connectivity index is 1.68. The normalized spacial score (nSPS) is 13.2. The van der Waals surface area contributed by atoms with Crippen molar-refractivity contribution in [2.24, 2.45) is 0 Å². The molecule has 1 aliphatic rings. The molecular formula is C15H14N2O2S. The molecule has 1 aromatic carbocycles. The van der Waals surface area contributed by atoms with E-state index in [4.69, 9.17) is 4.74 Å². The number of carbonyl (C=O) groups is 1. The van der Waals surface area contributed by atoms with Gasteiger partial charge in [-0.25, -0.2) is 4.98 Å². The summed E-state index contributed by atoms with van der Waals surface area (Å²) in [5.41, 5.74) is 2.55. The van der Waals surface area contributed by atoms with Crippen LogP contribution in [0.3, 0.4) is 0 Å². The standard InChI is InChI=1S/C15H14N2O2S/c1-10-9-20-14(17-10)7-16-15(18)12-6-11-4-2-3-5-13(11)19-8-12/h2-6,9H,7-8H2,1H3,(H,16,18). The molecule has 5 heteroatoms. The van der Waals surface area contributed by atoms with Crippen LogP contribution in [0.25, 0.3) is 6.08 Å². The van der Waals surface area contributed by atoms with Crippen molar-refractivity contribution in [2.45, 2.75) is 13.5 Å². The van der Waals surface area contributed by atoms with Gasteiger partial charge in [-0.1, -0.05) is 18.2 Å². The van der Waals surface area contributed by atoms with Crippen molar-refractivity contribution < 1.29 is 9.53 Å². The van der Waals surface area contributed by atoms with Gasteiger partial charge < -0.3 is 10.1 Å². The highest BCUT2D eigenvalue weighted by Crippen LogP contribution is 2.25. The van der Waals surface area contributed by atoms with Gasteiger partial charge in [0.2, 0.25) is 0 Å². The van der Waals surface area contributed by atoms with Crippen LogP contribution in [-0.4, -0.2) is 17.5 Å². The lowest BCUT2D eigenvalue weighted by atomic mass is 10.1. The number of hydrogen-bond acceptors (Lipinski definition) is 4. The molecule has 20 heavy (non-hydrogen) atoms. The summed E-state index contributed by atoms with van der Waals surface area (Å²) in [6, 6.07) is 7.69. The van der Waals surface area contributed by atoms with Gasteiger partial charge in [-0.2, -0.15) is 0 Å². The molecule has 1 aliphatic heterocycles. The van der Waals surface area contributed by atoms with E-state index < -0.39 is 0 Å². The molecule has 0 spiro atoms. The molecular weight excluding hydrogens is 272 g/mol. The number of ether oxygens (including phenoxy) is 1. The quantitative estimate of drug-likeness (QED) is 0.943. The predicted octanol–water partition coefficient (Wildman–Crippen LogP) is 2.54. The van der Waals surface area contributed by atoms with Gasteiger partial charge in [0.1, 0.15) is 17.4 Å². The number of aryl methyl sites for hydroxylation is 1. The summed E-state index contributed by atoms with van der Waals surface area (Å²) in [4.78, 5) is 16.4. The van der Waals surface area contributed by atoms with Gasteiger partial charge in [0, 0.05) is 16.6 Å². The lowest BCUT2D eigenvalue weighted by Crippen LogP contribution is -2.28. The summed E-state index contributed by atoms with van der Waals surface area (Å²) < 4.78 is 5.57. The third-order valence-corrected chi connectivity index (χ3v) is 3.96. The fraction of sp³-hybridized carbons (Fsp3) is 0.200. The van der Waals surface area contributed by atoms with Crippen LogP contribution in [0.2, 0.25) is 0 Å². The molecule has 3 rings (SSSR count). The molecule has 102 valence electrons. The Morgan fingerprint density at radius 3 is 3.10 bits per heavy atom. The zero-order valence-corrected chi connectivity index (χ0v) is 11.9. The van der Waals surface area contributed by atoms with E-state index >= 15 is 0 Å². The Morgan fingerprint density at radius 1 is 1.45 bits per heavy atom. The predicted molar refractivity (Wildman–Crippen MR) is 78.6 cm³/mol. The van der Waals surface area contributed by atoms with Crippen LogP contribution < -0.4 is 10.1 Å². The highest BCUT2D eigenvalue weighted by Gasteiger charge is 2.16. The molecule has 0 bridgehead atoms. The van der Waals surface area contributed by atoms with E-state index in [9.17, 15) is 4.79 Å². The second-order valence-electron chi connectivity index (χ2n) is 4.56. The maximum absolute atomic E-state index is 12.1. The first-order chi connectivity index (χ1) is 9.72. The maximum Gasteiger partial charge on any atom is 0.251 e. The first-order valence-electron chi connectivity index (χ1n) is 6.34.